The maximum atomic E-state index is 12.4. The number of ketones is 1. The van der Waals surface area contributed by atoms with Gasteiger partial charge in [-0.25, -0.2) is 0 Å². The Bertz CT molecular complexity index is 626. The number of hydrogen-bond acceptors (Lipinski definition) is 3. The van der Waals surface area contributed by atoms with Crippen molar-refractivity contribution in [3.05, 3.63) is 29.3 Å². The van der Waals surface area contributed by atoms with Crippen molar-refractivity contribution in [3.63, 3.8) is 0 Å². The molecular formula is C20H27NO2. The molecule has 3 heteroatoms. The van der Waals surface area contributed by atoms with E-state index in [0.717, 1.165) is 31.4 Å². The molecule has 3 nitrogen and oxygen atoms in total. The molecule has 4 atom stereocenters. The summed E-state index contributed by atoms with van der Waals surface area (Å²) in [7, 11) is 0. The number of aryl methyl sites for hydroxylation is 1. The first-order valence-electron chi connectivity index (χ1n) is 9.12. The minimum atomic E-state index is -0.0250. The van der Waals surface area contributed by atoms with Gasteiger partial charge in [0.1, 0.15) is 18.1 Å². The third kappa shape index (κ3) is 2.32. The third-order valence-corrected chi connectivity index (χ3v) is 6.79. The average molecular weight is 313 g/mol. The summed E-state index contributed by atoms with van der Waals surface area (Å²) in [6.45, 7) is 3.37. The first kappa shape index (κ1) is 15.2. The molecule has 1 aromatic rings. The Kier molecular flexibility index (Phi) is 3.72. The zero-order valence-corrected chi connectivity index (χ0v) is 14.0. The number of benzene rings is 1. The Labute approximate surface area is 138 Å². The van der Waals surface area contributed by atoms with Crippen LogP contribution in [0.15, 0.2) is 18.2 Å². The van der Waals surface area contributed by atoms with Crippen molar-refractivity contribution in [1.82, 2.24) is 0 Å². The largest absolute Gasteiger partial charge is 0.492 e. The summed E-state index contributed by atoms with van der Waals surface area (Å²) in [5.74, 6) is 3.42. The van der Waals surface area contributed by atoms with Crippen molar-refractivity contribution >= 4 is 5.78 Å². The normalized spacial score (nSPS) is 35.4. The van der Waals surface area contributed by atoms with Gasteiger partial charge in [-0.3, -0.25) is 4.79 Å². The summed E-state index contributed by atoms with van der Waals surface area (Å²) < 4.78 is 5.69. The SMILES string of the molecule is C[C@]12CC[C@H]3c4ccc(OCCN)cc4CC[C@@H]3[C@@H]1CCC2=O. The van der Waals surface area contributed by atoms with Crippen LogP contribution in [0.3, 0.4) is 0 Å². The van der Waals surface area contributed by atoms with E-state index in [4.69, 9.17) is 10.5 Å². The van der Waals surface area contributed by atoms with Crippen molar-refractivity contribution in [1.29, 1.82) is 0 Å². The predicted octanol–water partition coefficient (Wildman–Crippen LogP) is 3.45. The van der Waals surface area contributed by atoms with Gasteiger partial charge in [-0.1, -0.05) is 13.0 Å². The van der Waals surface area contributed by atoms with Crippen molar-refractivity contribution in [2.45, 2.75) is 51.4 Å². The first-order valence-corrected chi connectivity index (χ1v) is 9.12. The summed E-state index contributed by atoms with van der Waals surface area (Å²) >= 11 is 0. The molecule has 0 saturated heterocycles. The highest BCUT2D eigenvalue weighted by Gasteiger charge is 2.54. The fourth-order valence-electron chi connectivity index (χ4n) is 5.60. The molecule has 2 N–H and O–H groups in total. The number of nitrogens with two attached hydrogens (primary N) is 1. The molecule has 23 heavy (non-hydrogen) atoms. The van der Waals surface area contributed by atoms with Crippen LogP contribution in [0.25, 0.3) is 0 Å². The number of carbonyl (C=O) groups excluding carboxylic acids is 1. The molecule has 2 fully saturated rings. The molecule has 0 amide bonds. The van der Waals surface area contributed by atoms with E-state index in [1.165, 1.54) is 24.0 Å². The number of Topliss-reactive ketones (excluding diaryl/α,β-unsaturated/α-hetero) is 1. The molecule has 0 spiro atoms. The highest BCUT2D eigenvalue weighted by atomic mass is 16.5. The minimum absolute atomic E-state index is 0.0250. The van der Waals surface area contributed by atoms with Crippen molar-refractivity contribution in [2.24, 2.45) is 23.0 Å². The van der Waals surface area contributed by atoms with Crippen LogP contribution < -0.4 is 10.5 Å². The topological polar surface area (TPSA) is 52.3 Å². The van der Waals surface area contributed by atoms with E-state index in [-0.39, 0.29) is 5.41 Å². The van der Waals surface area contributed by atoms with Crippen molar-refractivity contribution in [2.75, 3.05) is 13.2 Å². The predicted molar refractivity (Wildman–Crippen MR) is 90.6 cm³/mol. The number of fused-ring (bicyclic) bond motifs is 5. The smallest absolute Gasteiger partial charge is 0.139 e. The third-order valence-electron chi connectivity index (χ3n) is 6.79. The lowest BCUT2D eigenvalue weighted by molar-refractivity contribution is -0.129. The lowest BCUT2D eigenvalue weighted by Gasteiger charge is -2.48. The fourth-order valence-corrected chi connectivity index (χ4v) is 5.60. The van der Waals surface area contributed by atoms with Gasteiger partial charge in [0.15, 0.2) is 0 Å². The Hall–Kier alpha value is -1.35. The van der Waals surface area contributed by atoms with E-state index in [1.807, 2.05) is 0 Å². The van der Waals surface area contributed by atoms with Gasteiger partial charge in [0.2, 0.25) is 0 Å². The maximum Gasteiger partial charge on any atom is 0.139 e. The van der Waals surface area contributed by atoms with Gasteiger partial charge in [-0.05, 0) is 73.1 Å². The van der Waals surface area contributed by atoms with E-state index in [2.05, 4.69) is 25.1 Å². The second-order valence-electron chi connectivity index (χ2n) is 7.83. The van der Waals surface area contributed by atoms with Gasteiger partial charge in [-0.15, -0.1) is 0 Å². The van der Waals surface area contributed by atoms with E-state index < -0.39 is 0 Å². The van der Waals surface area contributed by atoms with E-state index in [1.54, 1.807) is 0 Å². The van der Waals surface area contributed by atoms with Crippen LogP contribution in [0.4, 0.5) is 0 Å². The number of rotatable bonds is 3. The van der Waals surface area contributed by atoms with Gasteiger partial charge in [0.05, 0.1) is 0 Å². The molecule has 0 radical (unpaired) electrons. The number of carbonyl (C=O) groups is 1. The first-order chi connectivity index (χ1) is 11.1. The molecule has 0 bridgehead atoms. The summed E-state index contributed by atoms with van der Waals surface area (Å²) in [6.07, 6.45) is 6.51. The van der Waals surface area contributed by atoms with Crippen LogP contribution >= 0.6 is 0 Å². The molecule has 2 saturated carbocycles. The molecule has 4 rings (SSSR count). The molecule has 0 aromatic heterocycles. The Balaban J connectivity index is 1.61. The molecule has 0 heterocycles. The maximum absolute atomic E-state index is 12.4. The molecule has 0 unspecified atom stereocenters. The zero-order valence-electron chi connectivity index (χ0n) is 14.0. The summed E-state index contributed by atoms with van der Waals surface area (Å²) in [5, 5.41) is 0. The van der Waals surface area contributed by atoms with E-state index >= 15 is 0 Å². The molecule has 124 valence electrons. The summed E-state index contributed by atoms with van der Waals surface area (Å²) in [5.41, 5.74) is 8.47. The quantitative estimate of drug-likeness (QED) is 0.930. The number of ether oxygens (including phenoxy) is 1. The van der Waals surface area contributed by atoms with Crippen LogP contribution in [0.2, 0.25) is 0 Å². The van der Waals surface area contributed by atoms with Gasteiger partial charge in [0, 0.05) is 18.4 Å². The van der Waals surface area contributed by atoms with E-state index in [0.29, 0.717) is 36.7 Å². The molecule has 3 aliphatic carbocycles. The lowest BCUT2D eigenvalue weighted by Crippen LogP contribution is -2.42. The molecule has 0 aliphatic heterocycles. The van der Waals surface area contributed by atoms with Crippen LogP contribution in [-0.4, -0.2) is 18.9 Å². The Morgan fingerprint density at radius 2 is 2.13 bits per heavy atom. The molecule has 3 aliphatic rings. The standard InChI is InChI=1S/C20H27NO2/c1-20-9-8-16-15-5-3-14(23-11-10-21)12-13(15)2-4-17(16)18(20)6-7-19(20)22/h3,5,12,16-18H,2,4,6-11,21H2,1H3/t16-,17-,18-,20-/m0/s1. The van der Waals surface area contributed by atoms with Crippen LogP contribution in [0.5, 0.6) is 5.75 Å². The second-order valence-corrected chi connectivity index (χ2v) is 7.83. The highest BCUT2D eigenvalue weighted by Crippen LogP contribution is 2.59. The van der Waals surface area contributed by atoms with E-state index in [9.17, 15) is 4.79 Å². The van der Waals surface area contributed by atoms with Crippen LogP contribution in [0, 0.1) is 17.3 Å². The Morgan fingerprint density at radius 3 is 2.96 bits per heavy atom. The number of hydrogen-bond donors (Lipinski definition) is 1. The minimum Gasteiger partial charge on any atom is -0.492 e. The summed E-state index contributed by atoms with van der Waals surface area (Å²) in [6, 6.07) is 6.59. The van der Waals surface area contributed by atoms with Crippen LogP contribution in [-0.2, 0) is 11.2 Å². The lowest BCUT2D eigenvalue weighted by atomic mass is 9.55. The highest BCUT2D eigenvalue weighted by molar-refractivity contribution is 5.87. The van der Waals surface area contributed by atoms with Gasteiger partial charge < -0.3 is 10.5 Å². The van der Waals surface area contributed by atoms with Gasteiger partial charge in [-0.2, -0.15) is 0 Å². The van der Waals surface area contributed by atoms with Gasteiger partial charge >= 0.3 is 0 Å². The molecule has 1 aromatic carbocycles. The van der Waals surface area contributed by atoms with Crippen molar-refractivity contribution < 1.29 is 9.53 Å². The van der Waals surface area contributed by atoms with Crippen molar-refractivity contribution in [3.8, 4) is 5.75 Å². The molecular weight excluding hydrogens is 286 g/mol. The van der Waals surface area contributed by atoms with Crippen LogP contribution in [0.1, 0.15) is 56.1 Å². The average Bonchev–Trinajstić information content (AvgIpc) is 2.88. The second kappa shape index (κ2) is 5.62. The van der Waals surface area contributed by atoms with Gasteiger partial charge in [0.25, 0.3) is 0 Å². The Morgan fingerprint density at radius 1 is 1.26 bits per heavy atom. The zero-order chi connectivity index (χ0) is 16.0. The fraction of sp³-hybridized carbons (Fsp3) is 0.650. The summed E-state index contributed by atoms with van der Waals surface area (Å²) in [4.78, 5) is 12.4. The monoisotopic (exact) mass is 313 g/mol.